The molecule has 1 aliphatic rings. The van der Waals surface area contributed by atoms with E-state index in [1.165, 1.54) is 19.3 Å². The van der Waals surface area contributed by atoms with Gasteiger partial charge in [-0.1, -0.05) is 33.1 Å². The average Bonchev–Trinajstić information content (AvgIpc) is 2.06. The maximum Gasteiger partial charge on any atom is 0.150 e. The van der Waals surface area contributed by atoms with E-state index in [-0.39, 0.29) is 11.7 Å². The van der Waals surface area contributed by atoms with Gasteiger partial charge in [0.2, 0.25) is 0 Å². The van der Waals surface area contributed by atoms with Crippen molar-refractivity contribution in [3.63, 3.8) is 0 Å². The van der Waals surface area contributed by atoms with Crippen LogP contribution in [0.15, 0.2) is 0 Å². The smallest absolute Gasteiger partial charge is 0.150 e. The zero-order valence-electron chi connectivity index (χ0n) is 9.12. The lowest BCUT2D eigenvalue weighted by Crippen LogP contribution is -2.22. The van der Waals surface area contributed by atoms with Crippen molar-refractivity contribution in [3.05, 3.63) is 0 Å². The molecule has 0 spiro atoms. The van der Waals surface area contributed by atoms with Gasteiger partial charge in [0.25, 0.3) is 0 Å². The first-order valence-electron chi connectivity index (χ1n) is 5.55. The molecule has 2 heteroatoms. The average molecular weight is 193 g/mol. The molecule has 2 nitrogen and oxygen atoms in total. The Kier molecular flexibility index (Phi) is 4.13. The van der Waals surface area contributed by atoms with Crippen molar-refractivity contribution >= 4 is 5.78 Å². The molecule has 1 fully saturated rings. The van der Waals surface area contributed by atoms with Crippen molar-refractivity contribution in [3.8, 4) is 6.07 Å². The maximum atomic E-state index is 11.7. The number of hydrogen-bond acceptors (Lipinski definition) is 2. The molecule has 1 rings (SSSR count). The molecule has 1 saturated carbocycles. The van der Waals surface area contributed by atoms with Gasteiger partial charge in [0, 0.05) is 6.42 Å². The maximum absolute atomic E-state index is 11.7. The Balaban J connectivity index is 2.35. The predicted molar refractivity (Wildman–Crippen MR) is 55.5 cm³/mol. The van der Waals surface area contributed by atoms with Crippen LogP contribution >= 0.6 is 0 Å². The number of Topliss-reactive ketones (excluding diaryl/α,β-unsaturated/α-hetero) is 1. The summed E-state index contributed by atoms with van der Waals surface area (Å²) in [6, 6.07) is 2.14. The number of hydrogen-bond donors (Lipinski definition) is 0. The second kappa shape index (κ2) is 5.14. The number of nitrogens with zero attached hydrogens (tertiary/aromatic N) is 1. The van der Waals surface area contributed by atoms with Crippen LogP contribution in [0.3, 0.4) is 0 Å². The van der Waals surface area contributed by atoms with E-state index in [2.05, 4.69) is 19.9 Å². The van der Waals surface area contributed by atoms with Crippen molar-refractivity contribution in [2.75, 3.05) is 0 Å². The van der Waals surface area contributed by atoms with E-state index in [0.717, 1.165) is 6.42 Å². The highest BCUT2D eigenvalue weighted by Gasteiger charge is 2.25. The van der Waals surface area contributed by atoms with Crippen molar-refractivity contribution in [2.45, 2.75) is 46.0 Å². The number of nitriles is 1. The highest BCUT2D eigenvalue weighted by atomic mass is 16.1. The van der Waals surface area contributed by atoms with Crippen LogP contribution in [0.1, 0.15) is 46.0 Å². The lowest BCUT2D eigenvalue weighted by Gasteiger charge is -2.25. The fourth-order valence-corrected chi connectivity index (χ4v) is 1.85. The zero-order valence-corrected chi connectivity index (χ0v) is 9.12. The normalized spacial score (nSPS) is 18.7. The summed E-state index contributed by atoms with van der Waals surface area (Å²) in [4.78, 5) is 11.7. The van der Waals surface area contributed by atoms with E-state index in [1.807, 2.05) is 0 Å². The van der Waals surface area contributed by atoms with E-state index in [4.69, 9.17) is 5.26 Å². The van der Waals surface area contributed by atoms with E-state index in [1.54, 1.807) is 0 Å². The van der Waals surface area contributed by atoms with Crippen LogP contribution in [-0.2, 0) is 4.79 Å². The predicted octanol–water partition coefficient (Wildman–Crippen LogP) is 2.93. The number of carbonyl (C=O) groups excluding carboxylic acids is 1. The summed E-state index contributed by atoms with van der Waals surface area (Å²) < 4.78 is 0. The molecule has 0 N–H and O–H groups in total. The molecule has 0 aliphatic heterocycles. The first-order valence-corrected chi connectivity index (χ1v) is 5.55. The van der Waals surface area contributed by atoms with Gasteiger partial charge in [-0.05, 0) is 18.3 Å². The summed E-state index contributed by atoms with van der Waals surface area (Å²) in [6.45, 7) is 4.11. The molecule has 0 radical (unpaired) electrons. The van der Waals surface area contributed by atoms with E-state index in [0.29, 0.717) is 18.3 Å². The fraction of sp³-hybridized carbons (Fsp3) is 0.833. The molecular formula is C12H19NO. The highest BCUT2D eigenvalue weighted by molar-refractivity contribution is 5.83. The van der Waals surface area contributed by atoms with Crippen molar-refractivity contribution < 1.29 is 4.79 Å². The van der Waals surface area contributed by atoms with Crippen LogP contribution in [0, 0.1) is 29.1 Å². The van der Waals surface area contributed by atoms with Gasteiger partial charge in [0.1, 0.15) is 11.7 Å². The molecular weight excluding hydrogens is 174 g/mol. The standard InChI is InChI=1S/C12H19NO/c1-9(2)6-11(8-13)12(14)7-10-4-3-5-10/h9-11H,3-7H2,1-2H3. The molecule has 0 heterocycles. The van der Waals surface area contributed by atoms with Crippen molar-refractivity contribution in [1.29, 1.82) is 5.26 Å². The first kappa shape index (κ1) is 11.2. The number of ketones is 1. The van der Waals surface area contributed by atoms with Crippen LogP contribution in [0.4, 0.5) is 0 Å². The van der Waals surface area contributed by atoms with Gasteiger partial charge in [0.05, 0.1) is 6.07 Å². The van der Waals surface area contributed by atoms with Crippen LogP contribution in [0.2, 0.25) is 0 Å². The van der Waals surface area contributed by atoms with E-state index >= 15 is 0 Å². The van der Waals surface area contributed by atoms with Gasteiger partial charge in [-0.3, -0.25) is 4.79 Å². The molecule has 0 amide bonds. The third-order valence-corrected chi connectivity index (χ3v) is 2.97. The number of carbonyl (C=O) groups is 1. The van der Waals surface area contributed by atoms with Gasteiger partial charge in [-0.15, -0.1) is 0 Å². The van der Waals surface area contributed by atoms with Crippen LogP contribution in [0.5, 0.6) is 0 Å². The van der Waals surface area contributed by atoms with Crippen molar-refractivity contribution in [1.82, 2.24) is 0 Å². The minimum atomic E-state index is -0.351. The Morgan fingerprint density at radius 3 is 2.50 bits per heavy atom. The Hall–Kier alpha value is -0.840. The topological polar surface area (TPSA) is 40.9 Å². The minimum absolute atomic E-state index is 0.172. The molecule has 1 aliphatic carbocycles. The Morgan fingerprint density at radius 2 is 2.14 bits per heavy atom. The van der Waals surface area contributed by atoms with Crippen LogP contribution in [-0.4, -0.2) is 5.78 Å². The summed E-state index contributed by atoms with van der Waals surface area (Å²) in [5.74, 6) is 0.844. The monoisotopic (exact) mass is 193 g/mol. The van der Waals surface area contributed by atoms with E-state index < -0.39 is 0 Å². The van der Waals surface area contributed by atoms with E-state index in [9.17, 15) is 4.79 Å². The zero-order chi connectivity index (χ0) is 10.6. The third-order valence-electron chi connectivity index (χ3n) is 2.97. The SMILES string of the molecule is CC(C)CC(C#N)C(=O)CC1CCC1. The number of rotatable bonds is 5. The molecule has 0 aromatic rings. The van der Waals surface area contributed by atoms with Gasteiger partial charge in [0.15, 0.2) is 0 Å². The summed E-state index contributed by atoms with van der Waals surface area (Å²) in [5, 5.41) is 8.88. The van der Waals surface area contributed by atoms with Gasteiger partial charge >= 0.3 is 0 Å². The fourth-order valence-electron chi connectivity index (χ4n) is 1.85. The first-order chi connectivity index (χ1) is 6.63. The molecule has 1 unspecified atom stereocenters. The van der Waals surface area contributed by atoms with Gasteiger partial charge < -0.3 is 0 Å². The quantitative estimate of drug-likeness (QED) is 0.673. The molecule has 0 saturated heterocycles. The lowest BCUT2D eigenvalue weighted by atomic mass is 9.79. The van der Waals surface area contributed by atoms with Gasteiger partial charge in [-0.2, -0.15) is 5.26 Å². The second-order valence-corrected chi connectivity index (χ2v) is 4.78. The minimum Gasteiger partial charge on any atom is -0.298 e. The molecule has 78 valence electrons. The Bertz CT molecular complexity index is 235. The summed E-state index contributed by atoms with van der Waals surface area (Å²) in [5.41, 5.74) is 0. The van der Waals surface area contributed by atoms with Crippen molar-refractivity contribution in [2.24, 2.45) is 17.8 Å². The summed E-state index contributed by atoms with van der Waals surface area (Å²) >= 11 is 0. The molecule has 0 bridgehead atoms. The highest BCUT2D eigenvalue weighted by Crippen LogP contribution is 2.31. The van der Waals surface area contributed by atoms with Crippen LogP contribution < -0.4 is 0 Å². The summed E-state index contributed by atoms with van der Waals surface area (Å²) in [7, 11) is 0. The molecule has 0 aromatic carbocycles. The second-order valence-electron chi connectivity index (χ2n) is 4.78. The largest absolute Gasteiger partial charge is 0.298 e. The lowest BCUT2D eigenvalue weighted by molar-refractivity contribution is -0.123. The third kappa shape index (κ3) is 3.14. The molecule has 0 aromatic heterocycles. The van der Waals surface area contributed by atoms with Crippen LogP contribution in [0.25, 0.3) is 0 Å². The Labute approximate surface area is 86.3 Å². The Morgan fingerprint density at radius 1 is 1.50 bits per heavy atom. The summed E-state index contributed by atoms with van der Waals surface area (Å²) in [6.07, 6.45) is 5.00. The molecule has 1 atom stereocenters. The van der Waals surface area contributed by atoms with Gasteiger partial charge in [-0.25, -0.2) is 0 Å². The molecule has 14 heavy (non-hydrogen) atoms.